The van der Waals surface area contributed by atoms with E-state index in [9.17, 15) is 0 Å². The van der Waals surface area contributed by atoms with Gasteiger partial charge in [0.1, 0.15) is 0 Å². The molecule has 2 aromatic heterocycles. The average molecular weight is 230 g/mol. The molecule has 0 bridgehead atoms. The van der Waals surface area contributed by atoms with Gasteiger partial charge in [0.15, 0.2) is 0 Å². The van der Waals surface area contributed by atoms with Crippen LogP contribution in [-0.4, -0.2) is 21.1 Å². The van der Waals surface area contributed by atoms with Crippen LogP contribution in [0.25, 0.3) is 0 Å². The fourth-order valence-corrected chi connectivity index (χ4v) is 1.76. The highest BCUT2D eigenvalue weighted by Gasteiger charge is 2.12. The van der Waals surface area contributed by atoms with Gasteiger partial charge in [0, 0.05) is 25.1 Å². The molecule has 2 aromatic rings. The second-order valence-electron chi connectivity index (χ2n) is 4.02. The summed E-state index contributed by atoms with van der Waals surface area (Å²) in [5.74, 6) is 0.907. The third-order valence-electron chi connectivity index (χ3n) is 2.73. The van der Waals surface area contributed by atoms with E-state index in [2.05, 4.69) is 33.7 Å². The fraction of sp³-hybridized carbons (Fsp3) is 0.385. The molecule has 0 spiro atoms. The van der Waals surface area contributed by atoms with E-state index in [0.717, 1.165) is 24.6 Å². The number of hydrogen-bond acceptors (Lipinski definition) is 3. The largest absolute Gasteiger partial charge is 0.356 e. The maximum Gasteiger partial charge on any atom is 0.203 e. The summed E-state index contributed by atoms with van der Waals surface area (Å²) < 4.78 is 2.11. The Morgan fingerprint density at radius 1 is 1.29 bits per heavy atom. The van der Waals surface area contributed by atoms with Crippen molar-refractivity contribution in [1.82, 2.24) is 14.5 Å². The Balaban J connectivity index is 2.19. The Morgan fingerprint density at radius 3 is 2.88 bits per heavy atom. The molecular weight excluding hydrogens is 212 g/mol. The zero-order valence-corrected chi connectivity index (χ0v) is 10.3. The molecule has 0 saturated heterocycles. The van der Waals surface area contributed by atoms with E-state index in [1.54, 1.807) is 0 Å². The Labute approximate surface area is 102 Å². The van der Waals surface area contributed by atoms with Gasteiger partial charge in [-0.05, 0) is 25.5 Å². The Hall–Kier alpha value is -1.84. The summed E-state index contributed by atoms with van der Waals surface area (Å²) in [7, 11) is 0. The third kappa shape index (κ3) is 2.64. The van der Waals surface area contributed by atoms with Crippen molar-refractivity contribution in [3.8, 4) is 0 Å². The number of hydrogen-bond donors (Lipinski definition) is 1. The Kier molecular flexibility index (Phi) is 3.75. The number of nitrogens with zero attached hydrogens (tertiary/aromatic N) is 3. The van der Waals surface area contributed by atoms with Crippen LogP contribution in [0.5, 0.6) is 0 Å². The number of nitrogens with one attached hydrogen (secondary N) is 1. The number of anilines is 1. The van der Waals surface area contributed by atoms with Gasteiger partial charge in [0.05, 0.1) is 11.7 Å². The maximum atomic E-state index is 4.38. The smallest absolute Gasteiger partial charge is 0.203 e. The monoisotopic (exact) mass is 230 g/mol. The molecule has 1 N–H and O–H groups in total. The second kappa shape index (κ2) is 5.48. The molecule has 0 radical (unpaired) electrons. The molecule has 1 unspecified atom stereocenters. The third-order valence-corrected chi connectivity index (χ3v) is 2.73. The molecule has 2 heterocycles. The van der Waals surface area contributed by atoms with Gasteiger partial charge in [-0.3, -0.25) is 4.98 Å². The molecule has 1 atom stereocenters. The lowest BCUT2D eigenvalue weighted by Crippen LogP contribution is -2.13. The van der Waals surface area contributed by atoms with Crippen molar-refractivity contribution in [3.05, 3.63) is 42.5 Å². The van der Waals surface area contributed by atoms with Gasteiger partial charge < -0.3 is 9.88 Å². The molecule has 0 amide bonds. The van der Waals surface area contributed by atoms with Gasteiger partial charge in [-0.1, -0.05) is 13.0 Å². The van der Waals surface area contributed by atoms with Crippen LogP contribution < -0.4 is 5.32 Å². The minimum atomic E-state index is 0.193. The van der Waals surface area contributed by atoms with Crippen molar-refractivity contribution in [2.45, 2.75) is 26.3 Å². The highest BCUT2D eigenvalue weighted by molar-refractivity contribution is 5.28. The highest BCUT2D eigenvalue weighted by atomic mass is 15.2. The van der Waals surface area contributed by atoms with Gasteiger partial charge >= 0.3 is 0 Å². The van der Waals surface area contributed by atoms with Crippen LogP contribution in [0, 0.1) is 0 Å². The number of pyridine rings is 1. The summed E-state index contributed by atoms with van der Waals surface area (Å²) >= 11 is 0. The predicted molar refractivity (Wildman–Crippen MR) is 69.1 cm³/mol. The van der Waals surface area contributed by atoms with Gasteiger partial charge in [0.25, 0.3) is 0 Å². The van der Waals surface area contributed by atoms with E-state index < -0.39 is 0 Å². The first-order valence-corrected chi connectivity index (χ1v) is 6.00. The first kappa shape index (κ1) is 11.6. The van der Waals surface area contributed by atoms with Gasteiger partial charge in [-0.2, -0.15) is 0 Å². The van der Waals surface area contributed by atoms with Crippen LogP contribution in [0.15, 0.2) is 36.8 Å². The van der Waals surface area contributed by atoms with E-state index in [1.165, 1.54) is 0 Å². The molecular formula is C13H18N4. The molecule has 0 aliphatic heterocycles. The van der Waals surface area contributed by atoms with Gasteiger partial charge in [-0.15, -0.1) is 0 Å². The topological polar surface area (TPSA) is 42.7 Å². The van der Waals surface area contributed by atoms with E-state index in [1.807, 2.05) is 36.8 Å². The van der Waals surface area contributed by atoms with Crippen LogP contribution in [-0.2, 0) is 0 Å². The molecule has 0 fully saturated rings. The quantitative estimate of drug-likeness (QED) is 0.858. The maximum absolute atomic E-state index is 4.38. The normalized spacial score (nSPS) is 12.4. The minimum absolute atomic E-state index is 0.193. The lowest BCUT2D eigenvalue weighted by atomic mass is 10.2. The van der Waals surface area contributed by atoms with Crippen molar-refractivity contribution in [2.75, 3.05) is 11.9 Å². The van der Waals surface area contributed by atoms with E-state index in [0.29, 0.717) is 0 Å². The molecule has 0 aromatic carbocycles. The van der Waals surface area contributed by atoms with E-state index in [4.69, 9.17) is 0 Å². The van der Waals surface area contributed by atoms with Crippen LogP contribution in [0.3, 0.4) is 0 Å². The zero-order valence-electron chi connectivity index (χ0n) is 10.3. The predicted octanol–water partition coefficient (Wildman–Crippen LogP) is 2.71. The molecule has 2 rings (SSSR count). The highest BCUT2D eigenvalue weighted by Crippen LogP contribution is 2.19. The molecule has 0 aliphatic rings. The summed E-state index contributed by atoms with van der Waals surface area (Å²) in [6.07, 6.45) is 6.71. The summed E-state index contributed by atoms with van der Waals surface area (Å²) in [5, 5.41) is 3.32. The number of imidazole rings is 1. The average Bonchev–Trinajstić information content (AvgIpc) is 2.84. The molecule has 0 aliphatic carbocycles. The Morgan fingerprint density at radius 2 is 2.18 bits per heavy atom. The van der Waals surface area contributed by atoms with Crippen LogP contribution in [0.1, 0.15) is 32.0 Å². The summed E-state index contributed by atoms with van der Waals surface area (Å²) in [4.78, 5) is 8.70. The number of aromatic nitrogens is 3. The lowest BCUT2D eigenvalue weighted by molar-refractivity contribution is 0.624. The second-order valence-corrected chi connectivity index (χ2v) is 4.02. The first-order chi connectivity index (χ1) is 8.33. The zero-order chi connectivity index (χ0) is 12.1. The summed E-state index contributed by atoms with van der Waals surface area (Å²) in [5.41, 5.74) is 1.05. The van der Waals surface area contributed by atoms with Crippen LogP contribution >= 0.6 is 0 Å². The molecule has 17 heavy (non-hydrogen) atoms. The summed E-state index contributed by atoms with van der Waals surface area (Å²) in [6, 6.07) is 6.17. The van der Waals surface area contributed by atoms with Gasteiger partial charge in [-0.25, -0.2) is 4.98 Å². The lowest BCUT2D eigenvalue weighted by Gasteiger charge is -2.16. The van der Waals surface area contributed by atoms with E-state index in [-0.39, 0.29) is 6.04 Å². The van der Waals surface area contributed by atoms with Crippen molar-refractivity contribution in [3.63, 3.8) is 0 Å². The van der Waals surface area contributed by atoms with Crippen molar-refractivity contribution < 1.29 is 0 Å². The van der Waals surface area contributed by atoms with Crippen LogP contribution in [0.4, 0.5) is 5.95 Å². The van der Waals surface area contributed by atoms with Crippen molar-refractivity contribution in [2.24, 2.45) is 0 Å². The molecule has 4 heteroatoms. The SMILES string of the molecule is CCCNc1nccn1C(C)c1ccccn1. The summed E-state index contributed by atoms with van der Waals surface area (Å²) in [6.45, 7) is 5.20. The van der Waals surface area contributed by atoms with Crippen molar-refractivity contribution >= 4 is 5.95 Å². The van der Waals surface area contributed by atoms with E-state index >= 15 is 0 Å². The molecule has 0 saturated carbocycles. The van der Waals surface area contributed by atoms with Crippen molar-refractivity contribution in [1.29, 1.82) is 0 Å². The minimum Gasteiger partial charge on any atom is -0.356 e. The number of rotatable bonds is 5. The first-order valence-electron chi connectivity index (χ1n) is 6.00. The Bertz CT molecular complexity index is 449. The van der Waals surface area contributed by atoms with Crippen LogP contribution in [0.2, 0.25) is 0 Å². The standard InChI is InChI=1S/C13H18N4/c1-3-7-15-13-16-9-10-17(13)11(2)12-6-4-5-8-14-12/h4-6,8-11H,3,7H2,1-2H3,(H,15,16). The molecule has 4 nitrogen and oxygen atoms in total. The van der Waals surface area contributed by atoms with Gasteiger partial charge in [0.2, 0.25) is 5.95 Å². The fourth-order valence-electron chi connectivity index (χ4n) is 1.76. The molecule has 90 valence electrons.